The number of aromatic nitrogens is 2. The van der Waals surface area contributed by atoms with Crippen molar-refractivity contribution in [3.8, 4) is 0 Å². The van der Waals surface area contributed by atoms with Crippen LogP contribution in [0.4, 0.5) is 0 Å². The van der Waals surface area contributed by atoms with Crippen LogP contribution < -0.4 is 0 Å². The lowest BCUT2D eigenvalue weighted by Crippen LogP contribution is -2.41. The molecule has 2 saturated heterocycles. The summed E-state index contributed by atoms with van der Waals surface area (Å²) < 4.78 is 1.79. The minimum atomic E-state index is -0.873. The van der Waals surface area contributed by atoms with Gasteiger partial charge in [-0.3, -0.25) is 19.2 Å². The Labute approximate surface area is 155 Å². The van der Waals surface area contributed by atoms with Crippen LogP contribution in [0.1, 0.15) is 21.6 Å². The Morgan fingerprint density at radius 3 is 2.77 bits per heavy atom. The molecule has 4 heterocycles. The molecule has 26 heavy (non-hydrogen) atoms. The molecule has 0 aliphatic carbocycles. The van der Waals surface area contributed by atoms with Crippen molar-refractivity contribution in [3.63, 3.8) is 0 Å². The van der Waals surface area contributed by atoms with Crippen molar-refractivity contribution in [3.05, 3.63) is 39.8 Å². The molecule has 0 unspecified atom stereocenters. The zero-order chi connectivity index (χ0) is 18.5. The van der Waals surface area contributed by atoms with Gasteiger partial charge in [0.05, 0.1) is 11.3 Å². The fourth-order valence-electron chi connectivity index (χ4n) is 4.36. The van der Waals surface area contributed by atoms with E-state index in [0.717, 1.165) is 11.3 Å². The normalized spacial score (nSPS) is 25.6. The number of carbonyl (C=O) groups excluding carboxylic acids is 1. The summed E-state index contributed by atoms with van der Waals surface area (Å²) >= 11 is 1.48. The first-order chi connectivity index (χ1) is 12.4. The highest BCUT2D eigenvalue weighted by atomic mass is 32.1. The van der Waals surface area contributed by atoms with Gasteiger partial charge >= 0.3 is 5.97 Å². The summed E-state index contributed by atoms with van der Waals surface area (Å²) in [6, 6.07) is 1.80. The number of fused-ring (bicyclic) bond motifs is 1. The Hall–Kier alpha value is -2.19. The summed E-state index contributed by atoms with van der Waals surface area (Å²) in [5.74, 6) is -0.899. The Bertz CT molecular complexity index is 847. The number of nitrogens with zero attached hydrogens (tertiary/aromatic N) is 4. The molecule has 2 aliphatic heterocycles. The number of likely N-dealkylation sites (tertiary alicyclic amines) is 2. The standard InChI is InChI=1S/C18H22N4O3S/c1-12-14(5-20(2)19-12)6-21-7-15-8-22(11-18(15,10-21)17(24)25)16(23)13-3-4-26-9-13/h3-5,9,15H,6-8,10-11H2,1-2H3,(H,24,25)/t15-,18-/m0/s1. The Morgan fingerprint density at radius 2 is 2.19 bits per heavy atom. The van der Waals surface area contributed by atoms with Gasteiger partial charge in [-0.05, 0) is 18.4 Å². The minimum absolute atomic E-state index is 0.0421. The maximum absolute atomic E-state index is 12.6. The summed E-state index contributed by atoms with van der Waals surface area (Å²) in [7, 11) is 1.89. The number of carbonyl (C=O) groups is 2. The second kappa shape index (κ2) is 6.21. The molecule has 1 amide bonds. The second-order valence-corrected chi connectivity index (χ2v) is 8.22. The van der Waals surface area contributed by atoms with Crippen LogP contribution in [0.2, 0.25) is 0 Å². The molecule has 8 heteroatoms. The third-order valence-electron chi connectivity index (χ3n) is 5.67. The van der Waals surface area contributed by atoms with Crippen LogP contribution >= 0.6 is 11.3 Å². The van der Waals surface area contributed by atoms with Crippen molar-refractivity contribution in [2.75, 3.05) is 26.2 Å². The fourth-order valence-corrected chi connectivity index (χ4v) is 4.99. The van der Waals surface area contributed by atoms with E-state index < -0.39 is 11.4 Å². The average molecular weight is 374 g/mol. The predicted molar refractivity (Wildman–Crippen MR) is 97.0 cm³/mol. The molecule has 138 valence electrons. The molecule has 2 atom stereocenters. The minimum Gasteiger partial charge on any atom is -0.481 e. The van der Waals surface area contributed by atoms with E-state index in [1.807, 2.05) is 30.9 Å². The summed E-state index contributed by atoms with van der Waals surface area (Å²) in [6.07, 6.45) is 1.99. The summed E-state index contributed by atoms with van der Waals surface area (Å²) in [5, 5.41) is 18.0. The van der Waals surface area contributed by atoms with Crippen LogP contribution in [-0.4, -0.2) is 62.7 Å². The molecule has 1 N–H and O–H groups in total. The number of amides is 1. The average Bonchev–Trinajstić information content (AvgIpc) is 3.31. The number of aryl methyl sites for hydroxylation is 2. The second-order valence-electron chi connectivity index (χ2n) is 7.44. The van der Waals surface area contributed by atoms with Crippen LogP contribution in [0.15, 0.2) is 23.0 Å². The van der Waals surface area contributed by atoms with Crippen LogP contribution in [0.25, 0.3) is 0 Å². The predicted octanol–water partition coefficient (Wildman–Crippen LogP) is 1.45. The SMILES string of the molecule is Cc1nn(C)cc1CN1C[C@H]2CN(C(=O)c3ccsc3)C[C@@]2(C(=O)O)C1. The number of carboxylic acid groups (broad SMARTS) is 1. The van der Waals surface area contributed by atoms with E-state index in [4.69, 9.17) is 0 Å². The molecule has 2 aliphatic rings. The van der Waals surface area contributed by atoms with E-state index in [-0.39, 0.29) is 18.4 Å². The molecule has 7 nitrogen and oxygen atoms in total. The van der Waals surface area contributed by atoms with Crippen molar-refractivity contribution in [2.45, 2.75) is 13.5 Å². The zero-order valence-corrected chi connectivity index (χ0v) is 15.7. The van der Waals surface area contributed by atoms with Gasteiger partial charge < -0.3 is 10.0 Å². The van der Waals surface area contributed by atoms with Gasteiger partial charge in [-0.2, -0.15) is 16.4 Å². The molecule has 0 saturated carbocycles. The van der Waals surface area contributed by atoms with Crippen LogP contribution in [-0.2, 0) is 18.4 Å². The van der Waals surface area contributed by atoms with Crippen LogP contribution in [0.5, 0.6) is 0 Å². The summed E-state index contributed by atoms with van der Waals surface area (Å²) in [6.45, 7) is 4.61. The smallest absolute Gasteiger partial charge is 0.313 e. The van der Waals surface area contributed by atoms with Gasteiger partial charge in [-0.25, -0.2) is 0 Å². The first-order valence-corrected chi connectivity index (χ1v) is 9.60. The van der Waals surface area contributed by atoms with Gasteiger partial charge in [0.1, 0.15) is 5.41 Å². The van der Waals surface area contributed by atoms with Gasteiger partial charge in [0.25, 0.3) is 5.91 Å². The molecule has 2 fully saturated rings. The van der Waals surface area contributed by atoms with Crippen molar-refractivity contribution in [1.82, 2.24) is 19.6 Å². The fraction of sp³-hybridized carbons (Fsp3) is 0.500. The highest BCUT2D eigenvalue weighted by molar-refractivity contribution is 7.08. The van der Waals surface area contributed by atoms with E-state index in [0.29, 0.717) is 31.7 Å². The van der Waals surface area contributed by atoms with E-state index >= 15 is 0 Å². The number of hydrogen-bond acceptors (Lipinski definition) is 5. The van der Waals surface area contributed by atoms with Crippen LogP contribution in [0, 0.1) is 18.3 Å². The summed E-state index contributed by atoms with van der Waals surface area (Å²) in [4.78, 5) is 28.7. The molecule has 0 spiro atoms. The topological polar surface area (TPSA) is 78.7 Å². The van der Waals surface area contributed by atoms with Crippen molar-refractivity contribution < 1.29 is 14.7 Å². The lowest BCUT2D eigenvalue weighted by Gasteiger charge is -2.25. The largest absolute Gasteiger partial charge is 0.481 e. The van der Waals surface area contributed by atoms with E-state index in [9.17, 15) is 14.7 Å². The Morgan fingerprint density at radius 1 is 1.38 bits per heavy atom. The van der Waals surface area contributed by atoms with E-state index in [1.165, 1.54) is 11.3 Å². The maximum Gasteiger partial charge on any atom is 0.313 e. The van der Waals surface area contributed by atoms with Crippen molar-refractivity contribution in [2.24, 2.45) is 18.4 Å². The third kappa shape index (κ3) is 2.73. The molecular weight excluding hydrogens is 352 g/mol. The molecule has 0 aromatic carbocycles. The van der Waals surface area contributed by atoms with Gasteiger partial charge in [0.15, 0.2) is 0 Å². The van der Waals surface area contributed by atoms with E-state index in [1.54, 1.807) is 15.6 Å². The lowest BCUT2D eigenvalue weighted by molar-refractivity contribution is -0.148. The molecule has 4 rings (SSSR count). The van der Waals surface area contributed by atoms with Crippen molar-refractivity contribution in [1.29, 1.82) is 0 Å². The first-order valence-electron chi connectivity index (χ1n) is 8.65. The quantitative estimate of drug-likeness (QED) is 0.876. The highest BCUT2D eigenvalue weighted by Gasteiger charge is 2.58. The summed E-state index contributed by atoms with van der Waals surface area (Å²) in [5.41, 5.74) is 1.88. The van der Waals surface area contributed by atoms with Gasteiger partial charge in [0.2, 0.25) is 0 Å². The number of hydrogen-bond donors (Lipinski definition) is 1. The highest BCUT2D eigenvalue weighted by Crippen LogP contribution is 2.43. The maximum atomic E-state index is 12.6. The molecular formula is C18H22N4O3S. The number of carboxylic acids is 1. The lowest BCUT2D eigenvalue weighted by atomic mass is 9.81. The van der Waals surface area contributed by atoms with Gasteiger partial charge in [-0.15, -0.1) is 0 Å². The van der Waals surface area contributed by atoms with Crippen LogP contribution in [0.3, 0.4) is 0 Å². The number of thiophene rings is 1. The third-order valence-corrected chi connectivity index (χ3v) is 6.35. The van der Waals surface area contributed by atoms with Gasteiger partial charge in [0, 0.05) is 62.8 Å². The number of aliphatic carboxylic acids is 1. The van der Waals surface area contributed by atoms with Crippen molar-refractivity contribution >= 4 is 23.2 Å². The number of rotatable bonds is 4. The van der Waals surface area contributed by atoms with Gasteiger partial charge in [-0.1, -0.05) is 0 Å². The molecule has 0 bridgehead atoms. The molecule has 2 aromatic heterocycles. The zero-order valence-electron chi connectivity index (χ0n) is 14.9. The van der Waals surface area contributed by atoms with E-state index in [2.05, 4.69) is 10.00 Å². The Balaban J connectivity index is 1.51. The molecule has 0 radical (unpaired) electrons. The molecule has 2 aromatic rings. The Kier molecular flexibility index (Phi) is 4.11. The first kappa shape index (κ1) is 17.2. The monoisotopic (exact) mass is 374 g/mol.